The number of rotatable bonds is 5. The number of likely N-dealkylation sites (N-methyl/N-ethyl adjacent to an activating group) is 1. The van der Waals surface area contributed by atoms with Crippen LogP contribution in [0.2, 0.25) is 0 Å². The Balaban J connectivity index is 1.72. The van der Waals surface area contributed by atoms with Gasteiger partial charge in [0.15, 0.2) is 0 Å². The summed E-state index contributed by atoms with van der Waals surface area (Å²) in [4.78, 5) is 14.3. The lowest BCUT2D eigenvalue weighted by molar-refractivity contribution is -0.131. The first-order chi connectivity index (χ1) is 12.0. The first kappa shape index (κ1) is 16.6. The average Bonchev–Trinajstić information content (AvgIpc) is 3.15. The molecule has 1 heterocycles. The molecule has 0 aliphatic carbocycles. The molecule has 0 fully saturated rings. The lowest BCUT2D eigenvalue weighted by atomic mass is 9.99. The fourth-order valence-corrected chi connectivity index (χ4v) is 2.71. The second-order valence-electron chi connectivity index (χ2n) is 5.95. The lowest BCUT2D eigenvalue weighted by Gasteiger charge is -2.22. The lowest BCUT2D eigenvalue weighted by Crippen LogP contribution is -2.30. The molecule has 3 aromatic rings. The van der Waals surface area contributed by atoms with E-state index in [9.17, 15) is 9.90 Å². The Hall–Kier alpha value is -3.22. The highest BCUT2D eigenvalue weighted by Gasteiger charge is 2.20. The van der Waals surface area contributed by atoms with Crippen molar-refractivity contribution in [3.8, 4) is 17.1 Å². The number of H-pyrrole nitrogens is 1. The zero-order valence-electron chi connectivity index (χ0n) is 14.0. The minimum absolute atomic E-state index is 0.0180. The predicted molar refractivity (Wildman–Crippen MR) is 92.6 cm³/mol. The van der Waals surface area contributed by atoms with Gasteiger partial charge in [-0.15, -0.1) is 10.2 Å². The molecule has 2 N–H and O–H groups in total. The first-order valence-electron chi connectivity index (χ1n) is 7.91. The Morgan fingerprint density at radius 1 is 1.24 bits per heavy atom. The van der Waals surface area contributed by atoms with Gasteiger partial charge in [0.2, 0.25) is 11.7 Å². The van der Waals surface area contributed by atoms with Gasteiger partial charge in [0.1, 0.15) is 5.75 Å². The van der Waals surface area contributed by atoms with Gasteiger partial charge in [0.05, 0.1) is 5.92 Å². The molecule has 7 heteroatoms. The molecular formula is C18H19N5O2. The van der Waals surface area contributed by atoms with Crippen LogP contribution in [0.3, 0.4) is 0 Å². The van der Waals surface area contributed by atoms with Gasteiger partial charge < -0.3 is 10.0 Å². The number of carbonyl (C=O) groups excluding carboxylic acids is 1. The van der Waals surface area contributed by atoms with Crippen molar-refractivity contribution in [1.82, 2.24) is 25.5 Å². The summed E-state index contributed by atoms with van der Waals surface area (Å²) in [5, 5.41) is 23.5. The Morgan fingerprint density at radius 3 is 2.76 bits per heavy atom. The van der Waals surface area contributed by atoms with Crippen molar-refractivity contribution in [2.75, 3.05) is 7.05 Å². The molecule has 0 bridgehead atoms. The molecule has 7 nitrogen and oxygen atoms in total. The SMILES string of the molecule is CC(C(=O)N(C)Cc1cccc(-c2nn[nH]n2)c1)c1cccc(O)c1. The normalized spacial score (nSPS) is 11.9. The zero-order chi connectivity index (χ0) is 17.8. The third-order valence-corrected chi connectivity index (χ3v) is 4.07. The number of amides is 1. The largest absolute Gasteiger partial charge is 0.508 e. The number of aromatic hydroxyl groups is 1. The van der Waals surface area contributed by atoms with E-state index in [0.717, 1.165) is 16.7 Å². The van der Waals surface area contributed by atoms with Gasteiger partial charge in [-0.05, 0) is 41.5 Å². The number of carbonyl (C=O) groups is 1. The molecule has 25 heavy (non-hydrogen) atoms. The molecule has 1 atom stereocenters. The topological polar surface area (TPSA) is 95.0 Å². The molecule has 0 saturated carbocycles. The summed E-state index contributed by atoms with van der Waals surface area (Å²) >= 11 is 0. The van der Waals surface area contributed by atoms with Crippen LogP contribution in [0.25, 0.3) is 11.4 Å². The maximum Gasteiger partial charge on any atom is 0.229 e. The number of benzene rings is 2. The Labute approximate surface area is 145 Å². The maximum absolute atomic E-state index is 12.7. The van der Waals surface area contributed by atoms with Crippen LogP contribution >= 0.6 is 0 Å². The Morgan fingerprint density at radius 2 is 2.04 bits per heavy atom. The maximum atomic E-state index is 12.7. The summed E-state index contributed by atoms with van der Waals surface area (Å²) in [6, 6.07) is 14.5. The highest BCUT2D eigenvalue weighted by molar-refractivity contribution is 5.83. The second-order valence-corrected chi connectivity index (χ2v) is 5.95. The molecule has 0 aliphatic heterocycles. The Kier molecular flexibility index (Phi) is 4.74. The summed E-state index contributed by atoms with van der Waals surface area (Å²) in [5.74, 6) is 0.324. The van der Waals surface area contributed by atoms with E-state index in [2.05, 4.69) is 20.6 Å². The average molecular weight is 337 g/mol. The molecule has 3 rings (SSSR count). The fraction of sp³-hybridized carbons (Fsp3) is 0.222. The standard InChI is InChI=1S/C18H19N5O2/c1-12(14-6-4-8-16(24)10-14)18(25)23(2)11-13-5-3-7-15(9-13)17-19-21-22-20-17/h3-10,12,24H,11H2,1-2H3,(H,19,20,21,22). The summed E-state index contributed by atoms with van der Waals surface area (Å²) < 4.78 is 0. The van der Waals surface area contributed by atoms with Gasteiger partial charge in [-0.3, -0.25) is 4.79 Å². The number of hydrogen-bond acceptors (Lipinski definition) is 5. The number of tetrazole rings is 1. The summed E-state index contributed by atoms with van der Waals surface area (Å²) in [7, 11) is 1.77. The third-order valence-electron chi connectivity index (χ3n) is 4.07. The van der Waals surface area contributed by atoms with Crippen molar-refractivity contribution in [2.24, 2.45) is 0 Å². The van der Waals surface area contributed by atoms with Crippen LogP contribution in [0.4, 0.5) is 0 Å². The smallest absolute Gasteiger partial charge is 0.229 e. The van der Waals surface area contributed by atoms with Gasteiger partial charge in [-0.1, -0.05) is 30.3 Å². The van der Waals surface area contributed by atoms with E-state index in [0.29, 0.717) is 12.4 Å². The Bertz CT molecular complexity index is 863. The highest BCUT2D eigenvalue weighted by Crippen LogP contribution is 2.23. The zero-order valence-corrected chi connectivity index (χ0v) is 14.0. The van der Waals surface area contributed by atoms with Crippen LogP contribution in [-0.2, 0) is 11.3 Å². The number of hydrogen-bond donors (Lipinski definition) is 2. The van der Waals surface area contributed by atoms with Crippen LogP contribution < -0.4 is 0 Å². The van der Waals surface area contributed by atoms with E-state index in [1.807, 2.05) is 37.3 Å². The molecule has 128 valence electrons. The number of nitrogens with zero attached hydrogens (tertiary/aromatic N) is 4. The van der Waals surface area contributed by atoms with E-state index >= 15 is 0 Å². The van der Waals surface area contributed by atoms with Gasteiger partial charge in [-0.25, -0.2) is 0 Å². The van der Waals surface area contributed by atoms with Crippen LogP contribution in [-0.4, -0.2) is 43.6 Å². The molecule has 0 aliphatic rings. The third kappa shape index (κ3) is 3.82. The number of phenols is 1. The van der Waals surface area contributed by atoms with Crippen molar-refractivity contribution in [2.45, 2.75) is 19.4 Å². The highest BCUT2D eigenvalue weighted by atomic mass is 16.3. The van der Waals surface area contributed by atoms with Crippen molar-refractivity contribution < 1.29 is 9.90 Å². The molecule has 0 saturated heterocycles. The van der Waals surface area contributed by atoms with Crippen LogP contribution in [0.15, 0.2) is 48.5 Å². The molecule has 2 aromatic carbocycles. The molecule has 1 aromatic heterocycles. The number of phenolic OH excluding ortho intramolecular Hbond substituents is 1. The monoisotopic (exact) mass is 337 g/mol. The fourth-order valence-electron chi connectivity index (χ4n) is 2.71. The van der Waals surface area contributed by atoms with E-state index < -0.39 is 0 Å². The molecule has 1 unspecified atom stereocenters. The van der Waals surface area contributed by atoms with Gasteiger partial charge in [0, 0.05) is 19.2 Å². The minimum atomic E-state index is -0.336. The molecular weight excluding hydrogens is 318 g/mol. The van der Waals surface area contributed by atoms with Crippen molar-refractivity contribution in [3.05, 3.63) is 59.7 Å². The molecule has 0 spiro atoms. The minimum Gasteiger partial charge on any atom is -0.508 e. The summed E-state index contributed by atoms with van der Waals surface area (Å²) in [5.41, 5.74) is 2.60. The van der Waals surface area contributed by atoms with Crippen LogP contribution in [0.1, 0.15) is 24.0 Å². The van der Waals surface area contributed by atoms with Gasteiger partial charge in [0.25, 0.3) is 0 Å². The quantitative estimate of drug-likeness (QED) is 0.745. The van der Waals surface area contributed by atoms with Crippen LogP contribution in [0.5, 0.6) is 5.75 Å². The molecule has 0 radical (unpaired) electrons. The summed E-state index contributed by atoms with van der Waals surface area (Å²) in [6.07, 6.45) is 0. The van der Waals surface area contributed by atoms with Crippen LogP contribution in [0, 0.1) is 0 Å². The van der Waals surface area contributed by atoms with E-state index in [4.69, 9.17) is 0 Å². The van der Waals surface area contributed by atoms with E-state index in [1.165, 1.54) is 0 Å². The van der Waals surface area contributed by atoms with Crippen molar-refractivity contribution >= 4 is 5.91 Å². The predicted octanol–water partition coefficient (Wildman–Crippen LogP) is 2.33. The second kappa shape index (κ2) is 7.12. The summed E-state index contributed by atoms with van der Waals surface area (Å²) in [6.45, 7) is 2.30. The number of aromatic amines is 1. The molecule has 1 amide bonds. The van der Waals surface area contributed by atoms with Gasteiger partial charge in [-0.2, -0.15) is 5.21 Å². The number of aromatic nitrogens is 4. The van der Waals surface area contributed by atoms with Crippen molar-refractivity contribution in [3.63, 3.8) is 0 Å². The number of nitrogens with one attached hydrogen (secondary N) is 1. The van der Waals surface area contributed by atoms with E-state index in [-0.39, 0.29) is 17.6 Å². The van der Waals surface area contributed by atoms with E-state index in [1.54, 1.807) is 30.1 Å². The van der Waals surface area contributed by atoms with Gasteiger partial charge >= 0.3 is 0 Å². The van der Waals surface area contributed by atoms with Crippen molar-refractivity contribution in [1.29, 1.82) is 0 Å². The first-order valence-corrected chi connectivity index (χ1v) is 7.91.